The van der Waals surface area contributed by atoms with Crippen molar-refractivity contribution in [2.75, 3.05) is 17.2 Å². The Balaban J connectivity index is 1.48. The van der Waals surface area contributed by atoms with Crippen LogP contribution in [0.15, 0.2) is 78.9 Å². The number of carbonyl (C=O) groups excluding carboxylic acids is 3. The van der Waals surface area contributed by atoms with Crippen LogP contribution in [0.3, 0.4) is 0 Å². The van der Waals surface area contributed by atoms with E-state index in [1.54, 1.807) is 38.1 Å². The molecule has 0 radical (unpaired) electrons. The average molecular weight is 543 g/mol. The van der Waals surface area contributed by atoms with Gasteiger partial charge in [-0.05, 0) is 69.2 Å². The van der Waals surface area contributed by atoms with Crippen LogP contribution in [0, 0.1) is 13.8 Å². The van der Waals surface area contributed by atoms with E-state index in [4.69, 9.17) is 9.47 Å². The van der Waals surface area contributed by atoms with Crippen LogP contribution >= 0.6 is 11.3 Å². The minimum Gasteiger partial charge on any atom is -0.481 e. The molecule has 0 aliphatic rings. The summed E-state index contributed by atoms with van der Waals surface area (Å²) in [5.74, 6) is -0.694. The van der Waals surface area contributed by atoms with Gasteiger partial charge in [0, 0.05) is 21.7 Å². The molecule has 1 atom stereocenters. The van der Waals surface area contributed by atoms with Gasteiger partial charge in [0.1, 0.15) is 16.3 Å². The van der Waals surface area contributed by atoms with Crippen molar-refractivity contribution in [1.82, 2.24) is 0 Å². The summed E-state index contributed by atoms with van der Waals surface area (Å²) >= 11 is 1.33. The predicted molar refractivity (Wildman–Crippen MR) is 155 cm³/mol. The molecule has 8 heteroatoms. The SMILES string of the molecule is CCOC(=O)c1c(NC(=O)c2ccc(O[C@@H](C)C(=O)Nc3ccccc3C)cc2)sc(C)c1-c1ccccc1. The van der Waals surface area contributed by atoms with E-state index in [-0.39, 0.29) is 18.4 Å². The Morgan fingerprint density at radius 3 is 2.21 bits per heavy atom. The topological polar surface area (TPSA) is 93.7 Å². The van der Waals surface area contributed by atoms with Crippen molar-refractivity contribution in [1.29, 1.82) is 0 Å². The van der Waals surface area contributed by atoms with Gasteiger partial charge in [0.05, 0.1) is 6.61 Å². The minimum atomic E-state index is -0.748. The van der Waals surface area contributed by atoms with Crippen LogP contribution in [0.1, 0.15) is 45.0 Å². The first kappa shape index (κ1) is 27.6. The van der Waals surface area contributed by atoms with Crippen LogP contribution in [0.25, 0.3) is 11.1 Å². The first-order chi connectivity index (χ1) is 18.8. The Morgan fingerprint density at radius 2 is 1.54 bits per heavy atom. The van der Waals surface area contributed by atoms with Gasteiger partial charge in [-0.15, -0.1) is 11.3 Å². The Kier molecular flexibility index (Phi) is 8.78. The van der Waals surface area contributed by atoms with Crippen molar-refractivity contribution >= 4 is 39.8 Å². The van der Waals surface area contributed by atoms with Gasteiger partial charge < -0.3 is 20.1 Å². The first-order valence-electron chi connectivity index (χ1n) is 12.6. The molecule has 1 aromatic heterocycles. The monoisotopic (exact) mass is 542 g/mol. The van der Waals surface area contributed by atoms with E-state index in [1.807, 2.05) is 68.4 Å². The number of ether oxygens (including phenoxy) is 2. The first-order valence-corrected chi connectivity index (χ1v) is 13.4. The highest BCUT2D eigenvalue weighted by molar-refractivity contribution is 7.17. The van der Waals surface area contributed by atoms with E-state index < -0.39 is 12.1 Å². The minimum absolute atomic E-state index is 0.220. The number of rotatable bonds is 9. The van der Waals surface area contributed by atoms with Crippen molar-refractivity contribution in [2.24, 2.45) is 0 Å². The third-order valence-electron chi connectivity index (χ3n) is 6.05. The normalized spacial score (nSPS) is 11.4. The smallest absolute Gasteiger partial charge is 0.341 e. The molecule has 2 N–H and O–H groups in total. The lowest BCUT2D eigenvalue weighted by Gasteiger charge is -2.16. The number of carbonyl (C=O) groups is 3. The highest BCUT2D eigenvalue weighted by atomic mass is 32.1. The zero-order chi connectivity index (χ0) is 27.9. The lowest BCUT2D eigenvalue weighted by molar-refractivity contribution is -0.122. The summed E-state index contributed by atoms with van der Waals surface area (Å²) < 4.78 is 11.1. The van der Waals surface area contributed by atoms with E-state index in [1.165, 1.54) is 11.3 Å². The van der Waals surface area contributed by atoms with E-state index in [0.717, 1.165) is 27.3 Å². The number of para-hydroxylation sites is 1. The molecule has 7 nitrogen and oxygen atoms in total. The Bertz CT molecular complexity index is 1480. The summed E-state index contributed by atoms with van der Waals surface area (Å²) in [6.45, 7) is 7.45. The number of thiophene rings is 1. The molecule has 1 heterocycles. The second kappa shape index (κ2) is 12.4. The molecule has 200 valence electrons. The van der Waals surface area contributed by atoms with Crippen molar-refractivity contribution < 1.29 is 23.9 Å². The molecule has 0 unspecified atom stereocenters. The molecule has 0 aliphatic carbocycles. The summed E-state index contributed by atoms with van der Waals surface area (Å²) in [5, 5.41) is 6.17. The molecule has 0 fully saturated rings. The second-order valence-electron chi connectivity index (χ2n) is 8.87. The van der Waals surface area contributed by atoms with Gasteiger partial charge in [-0.25, -0.2) is 4.79 Å². The van der Waals surface area contributed by atoms with E-state index in [9.17, 15) is 14.4 Å². The van der Waals surface area contributed by atoms with Crippen LogP contribution in [0.2, 0.25) is 0 Å². The van der Waals surface area contributed by atoms with Crippen LogP contribution in [0.4, 0.5) is 10.7 Å². The Morgan fingerprint density at radius 1 is 0.872 bits per heavy atom. The zero-order valence-electron chi connectivity index (χ0n) is 22.2. The van der Waals surface area contributed by atoms with E-state index in [0.29, 0.717) is 21.9 Å². The highest BCUT2D eigenvalue weighted by Gasteiger charge is 2.26. The molecule has 0 aliphatic heterocycles. The molecule has 0 saturated heterocycles. The maximum absolute atomic E-state index is 13.1. The summed E-state index contributed by atoms with van der Waals surface area (Å²) in [4.78, 5) is 39.5. The van der Waals surface area contributed by atoms with Crippen LogP contribution in [-0.4, -0.2) is 30.5 Å². The number of esters is 1. The molecular formula is C31H30N2O5S. The fraction of sp³-hybridized carbons (Fsp3) is 0.194. The zero-order valence-corrected chi connectivity index (χ0v) is 23.1. The van der Waals surface area contributed by atoms with Gasteiger partial charge in [0.2, 0.25) is 0 Å². The summed E-state index contributed by atoms with van der Waals surface area (Å²) in [6, 6.07) is 23.5. The van der Waals surface area contributed by atoms with Crippen molar-refractivity contribution in [3.05, 3.63) is 100 Å². The van der Waals surface area contributed by atoms with Crippen LogP contribution in [-0.2, 0) is 9.53 Å². The molecule has 3 aromatic carbocycles. The Labute approximate surface area is 231 Å². The van der Waals surface area contributed by atoms with Crippen LogP contribution in [0.5, 0.6) is 5.75 Å². The summed E-state index contributed by atoms with van der Waals surface area (Å²) in [5.41, 5.74) is 4.02. The molecule has 0 spiro atoms. The maximum Gasteiger partial charge on any atom is 0.341 e. The fourth-order valence-corrected chi connectivity index (χ4v) is 5.11. The number of benzene rings is 3. The van der Waals surface area contributed by atoms with Gasteiger partial charge in [0.15, 0.2) is 6.10 Å². The lowest BCUT2D eigenvalue weighted by Crippen LogP contribution is -2.30. The molecule has 0 saturated carbocycles. The van der Waals surface area contributed by atoms with Crippen molar-refractivity contribution in [3.8, 4) is 16.9 Å². The number of nitrogens with one attached hydrogen (secondary N) is 2. The third-order valence-corrected chi connectivity index (χ3v) is 7.08. The average Bonchev–Trinajstić information content (AvgIpc) is 3.26. The van der Waals surface area contributed by atoms with Gasteiger partial charge in [0.25, 0.3) is 11.8 Å². The number of hydrogen-bond acceptors (Lipinski definition) is 6. The molecule has 4 aromatic rings. The van der Waals surface area contributed by atoms with Crippen LogP contribution < -0.4 is 15.4 Å². The standard InChI is InChI=1S/C31H30N2O5S/c1-5-37-31(36)27-26(22-12-7-6-8-13-22)21(4)39-30(27)33-29(35)23-15-17-24(18-16-23)38-20(3)28(34)32-25-14-10-9-11-19(25)2/h6-18,20H,5H2,1-4H3,(H,32,34)(H,33,35)/t20-/m0/s1. The van der Waals surface area contributed by atoms with Gasteiger partial charge in [-0.3, -0.25) is 9.59 Å². The van der Waals surface area contributed by atoms with Gasteiger partial charge >= 0.3 is 5.97 Å². The summed E-state index contributed by atoms with van der Waals surface area (Å²) in [7, 11) is 0. The van der Waals surface area contributed by atoms with Gasteiger partial charge in [-0.1, -0.05) is 48.5 Å². The predicted octanol–water partition coefficient (Wildman–Crippen LogP) is 6.87. The molecule has 4 rings (SSSR count). The largest absolute Gasteiger partial charge is 0.481 e. The van der Waals surface area contributed by atoms with E-state index in [2.05, 4.69) is 10.6 Å². The lowest BCUT2D eigenvalue weighted by atomic mass is 10.0. The highest BCUT2D eigenvalue weighted by Crippen LogP contribution is 2.40. The number of aryl methyl sites for hydroxylation is 2. The number of anilines is 2. The molecule has 2 amide bonds. The molecule has 39 heavy (non-hydrogen) atoms. The van der Waals surface area contributed by atoms with E-state index >= 15 is 0 Å². The fourth-order valence-electron chi connectivity index (χ4n) is 4.05. The molecular weight excluding hydrogens is 512 g/mol. The third kappa shape index (κ3) is 6.53. The second-order valence-corrected chi connectivity index (χ2v) is 10.1. The van der Waals surface area contributed by atoms with Crippen molar-refractivity contribution in [3.63, 3.8) is 0 Å². The van der Waals surface area contributed by atoms with Crippen molar-refractivity contribution in [2.45, 2.75) is 33.8 Å². The summed E-state index contributed by atoms with van der Waals surface area (Å²) in [6.07, 6.45) is -0.748. The molecule has 0 bridgehead atoms. The van der Waals surface area contributed by atoms with Gasteiger partial charge in [-0.2, -0.15) is 0 Å². The number of amides is 2. The Hall–Kier alpha value is -4.43. The quantitative estimate of drug-likeness (QED) is 0.225. The maximum atomic E-state index is 13.1. The number of hydrogen-bond donors (Lipinski definition) is 2.